The zero-order chi connectivity index (χ0) is 26.3. The summed E-state index contributed by atoms with van der Waals surface area (Å²) in [6.07, 6.45) is -5.64. The summed E-state index contributed by atoms with van der Waals surface area (Å²) in [5, 5.41) is 9.40. The molecule has 192 valence electrons. The number of benzene rings is 1. The number of aryl methyl sites for hydroxylation is 1. The van der Waals surface area contributed by atoms with Crippen molar-refractivity contribution in [1.82, 2.24) is 19.5 Å². The first-order valence-corrected chi connectivity index (χ1v) is 11.9. The van der Waals surface area contributed by atoms with Gasteiger partial charge in [-0.1, -0.05) is 0 Å². The Morgan fingerprint density at radius 3 is 2.33 bits per heavy atom. The highest BCUT2D eigenvalue weighted by Gasteiger charge is 2.65. The molecule has 1 unspecified atom stereocenters. The summed E-state index contributed by atoms with van der Waals surface area (Å²) in [6, 6.07) is 6.07. The molecular formula is C20H18F4N6O5S. The standard InChI is InChI=1S/C20H18F4N6O5S/c1-30-10-13(17(28-30)27-16(29-36(2,32)33)11-5-7-25-8-6-11)18(31)26-12-3-4-14-15(9-12)35-20(23,24)19(21,22)34-14/h3-10,16,29H,1-2H3,(H,26,31)(H,27,28). The Hall–Kier alpha value is -3.92. The van der Waals surface area contributed by atoms with Crippen LogP contribution in [0.5, 0.6) is 11.5 Å². The van der Waals surface area contributed by atoms with Crippen molar-refractivity contribution in [2.45, 2.75) is 18.4 Å². The van der Waals surface area contributed by atoms with Crippen LogP contribution in [0.15, 0.2) is 48.9 Å². The molecule has 3 heterocycles. The van der Waals surface area contributed by atoms with Crippen molar-refractivity contribution < 1.29 is 40.2 Å². The zero-order valence-electron chi connectivity index (χ0n) is 18.5. The van der Waals surface area contributed by atoms with Crippen LogP contribution < -0.4 is 24.8 Å². The lowest BCUT2D eigenvalue weighted by Crippen LogP contribution is -2.52. The molecule has 1 atom stereocenters. The lowest BCUT2D eigenvalue weighted by molar-refractivity contribution is -0.391. The molecule has 0 fully saturated rings. The predicted octanol–water partition coefficient (Wildman–Crippen LogP) is 2.68. The molecule has 0 spiro atoms. The van der Waals surface area contributed by atoms with E-state index in [2.05, 4.69) is 34.9 Å². The number of sulfonamides is 1. The van der Waals surface area contributed by atoms with Crippen molar-refractivity contribution in [3.05, 3.63) is 60.0 Å². The second-order valence-corrected chi connectivity index (χ2v) is 9.45. The summed E-state index contributed by atoms with van der Waals surface area (Å²) < 4.78 is 89.2. The summed E-state index contributed by atoms with van der Waals surface area (Å²) in [7, 11) is -2.19. The fourth-order valence-corrected chi connectivity index (χ4v) is 3.82. The normalized spacial score (nSPS) is 16.7. The zero-order valence-corrected chi connectivity index (χ0v) is 19.3. The average Bonchev–Trinajstić information content (AvgIpc) is 3.14. The Kier molecular flexibility index (Phi) is 6.25. The summed E-state index contributed by atoms with van der Waals surface area (Å²) in [5.74, 6) is -2.13. The van der Waals surface area contributed by atoms with Crippen molar-refractivity contribution in [2.75, 3.05) is 16.9 Å². The third-order valence-corrected chi connectivity index (χ3v) is 5.41. The van der Waals surface area contributed by atoms with Crippen molar-refractivity contribution >= 4 is 27.4 Å². The molecule has 1 aliphatic rings. The van der Waals surface area contributed by atoms with E-state index in [-0.39, 0.29) is 17.1 Å². The van der Waals surface area contributed by atoms with Gasteiger partial charge in [-0.25, -0.2) is 8.42 Å². The van der Waals surface area contributed by atoms with E-state index >= 15 is 0 Å². The van der Waals surface area contributed by atoms with E-state index < -0.39 is 45.8 Å². The molecule has 4 rings (SSSR count). The fraction of sp³-hybridized carbons (Fsp3) is 0.250. The van der Waals surface area contributed by atoms with Crippen LogP contribution in [0.1, 0.15) is 22.1 Å². The van der Waals surface area contributed by atoms with Gasteiger partial charge in [0.2, 0.25) is 10.0 Å². The number of nitrogens with zero attached hydrogens (tertiary/aromatic N) is 3. The van der Waals surface area contributed by atoms with Crippen LogP contribution >= 0.6 is 0 Å². The molecule has 3 N–H and O–H groups in total. The molecule has 16 heteroatoms. The van der Waals surface area contributed by atoms with Crippen LogP contribution in [0.25, 0.3) is 0 Å². The lowest BCUT2D eigenvalue weighted by atomic mass is 10.2. The van der Waals surface area contributed by atoms with Crippen LogP contribution in [0, 0.1) is 0 Å². The Morgan fingerprint density at radius 2 is 1.69 bits per heavy atom. The van der Waals surface area contributed by atoms with E-state index in [1.807, 2.05) is 0 Å². The number of hydrogen-bond donors (Lipinski definition) is 3. The number of amides is 1. The highest BCUT2D eigenvalue weighted by Crippen LogP contribution is 2.47. The first-order chi connectivity index (χ1) is 16.7. The third-order valence-electron chi connectivity index (χ3n) is 4.74. The molecule has 3 aromatic rings. The molecule has 1 aromatic carbocycles. The van der Waals surface area contributed by atoms with Gasteiger partial charge in [-0.3, -0.25) is 14.5 Å². The van der Waals surface area contributed by atoms with Crippen LogP contribution in [-0.4, -0.2) is 47.6 Å². The van der Waals surface area contributed by atoms with Gasteiger partial charge < -0.3 is 20.1 Å². The second kappa shape index (κ2) is 8.94. The van der Waals surface area contributed by atoms with Gasteiger partial charge in [0.1, 0.15) is 11.7 Å². The van der Waals surface area contributed by atoms with Crippen molar-refractivity contribution in [1.29, 1.82) is 0 Å². The Labute approximate surface area is 201 Å². The van der Waals surface area contributed by atoms with E-state index in [4.69, 9.17) is 0 Å². The van der Waals surface area contributed by atoms with Crippen molar-refractivity contribution in [2.24, 2.45) is 7.05 Å². The number of carbonyl (C=O) groups is 1. The van der Waals surface area contributed by atoms with Gasteiger partial charge in [-0.2, -0.15) is 27.4 Å². The topological polar surface area (TPSA) is 136 Å². The summed E-state index contributed by atoms with van der Waals surface area (Å²) >= 11 is 0. The highest BCUT2D eigenvalue weighted by molar-refractivity contribution is 7.88. The van der Waals surface area contributed by atoms with Gasteiger partial charge in [0, 0.05) is 37.4 Å². The number of alkyl halides is 4. The van der Waals surface area contributed by atoms with Crippen molar-refractivity contribution in [3.63, 3.8) is 0 Å². The number of fused-ring (bicyclic) bond motifs is 1. The maximum Gasteiger partial charge on any atom is 0.507 e. The minimum atomic E-state index is -4.92. The molecule has 0 saturated carbocycles. The number of rotatable bonds is 7. The molecule has 0 bridgehead atoms. The van der Waals surface area contributed by atoms with E-state index in [0.717, 1.165) is 24.5 Å². The van der Waals surface area contributed by atoms with Gasteiger partial charge in [0.15, 0.2) is 17.3 Å². The summed E-state index contributed by atoms with van der Waals surface area (Å²) in [5.41, 5.74) is 0.355. The lowest BCUT2D eigenvalue weighted by Gasteiger charge is -2.31. The van der Waals surface area contributed by atoms with Crippen LogP contribution in [-0.2, 0) is 17.1 Å². The van der Waals surface area contributed by atoms with E-state index in [1.165, 1.54) is 30.3 Å². The van der Waals surface area contributed by atoms with Crippen LogP contribution in [0.3, 0.4) is 0 Å². The summed E-state index contributed by atoms with van der Waals surface area (Å²) in [4.78, 5) is 16.8. The largest absolute Gasteiger partial charge is 0.507 e. The first kappa shape index (κ1) is 25.2. The second-order valence-electron chi connectivity index (χ2n) is 7.67. The minimum absolute atomic E-state index is 0.0170. The Morgan fingerprint density at radius 1 is 1.06 bits per heavy atom. The molecule has 2 aromatic heterocycles. The van der Waals surface area contributed by atoms with E-state index in [1.54, 1.807) is 12.1 Å². The summed E-state index contributed by atoms with van der Waals surface area (Å²) in [6.45, 7) is 0. The van der Waals surface area contributed by atoms with Gasteiger partial charge in [0.25, 0.3) is 5.91 Å². The Balaban J connectivity index is 1.58. The predicted molar refractivity (Wildman–Crippen MR) is 117 cm³/mol. The minimum Gasteiger partial charge on any atom is -0.421 e. The van der Waals surface area contributed by atoms with E-state index in [0.29, 0.717) is 5.56 Å². The molecular weight excluding hydrogens is 512 g/mol. The highest BCUT2D eigenvalue weighted by atomic mass is 32.2. The van der Waals surface area contributed by atoms with Gasteiger partial charge in [0.05, 0.1) is 6.26 Å². The monoisotopic (exact) mass is 530 g/mol. The van der Waals surface area contributed by atoms with Crippen LogP contribution in [0.4, 0.5) is 29.1 Å². The number of nitrogens with one attached hydrogen (secondary N) is 3. The molecule has 0 radical (unpaired) electrons. The average molecular weight is 530 g/mol. The number of carbonyl (C=O) groups excluding carboxylic acids is 1. The Bertz CT molecular complexity index is 1400. The van der Waals surface area contributed by atoms with Crippen molar-refractivity contribution in [3.8, 4) is 11.5 Å². The van der Waals surface area contributed by atoms with Gasteiger partial charge in [-0.05, 0) is 29.8 Å². The van der Waals surface area contributed by atoms with Gasteiger partial charge >= 0.3 is 12.2 Å². The molecule has 0 saturated heterocycles. The number of ether oxygens (including phenoxy) is 2. The molecule has 36 heavy (non-hydrogen) atoms. The van der Waals surface area contributed by atoms with Gasteiger partial charge in [-0.15, -0.1) is 0 Å². The molecule has 1 amide bonds. The SMILES string of the molecule is Cn1cc(C(=O)Nc2ccc3c(c2)OC(F)(F)C(F)(F)O3)c(NC(NS(C)(=O)=O)c2ccncc2)n1. The number of hydrogen-bond acceptors (Lipinski definition) is 8. The number of aromatic nitrogens is 3. The maximum atomic E-state index is 13.5. The number of pyridine rings is 1. The van der Waals surface area contributed by atoms with E-state index in [9.17, 15) is 30.8 Å². The number of anilines is 2. The first-order valence-electron chi connectivity index (χ1n) is 10.0. The smallest absolute Gasteiger partial charge is 0.421 e. The third kappa shape index (κ3) is 5.33. The molecule has 11 nitrogen and oxygen atoms in total. The number of halogens is 4. The molecule has 0 aliphatic carbocycles. The molecule has 1 aliphatic heterocycles. The fourth-order valence-electron chi connectivity index (χ4n) is 3.19. The van der Waals surface area contributed by atoms with Crippen LogP contribution in [0.2, 0.25) is 0 Å². The quantitative estimate of drug-likeness (QED) is 0.313. The maximum absolute atomic E-state index is 13.5.